The van der Waals surface area contributed by atoms with Gasteiger partial charge in [0.15, 0.2) is 9.49 Å². The predicted octanol–water partition coefficient (Wildman–Crippen LogP) is 3.17. The Morgan fingerprint density at radius 2 is 0.962 bits per heavy atom. The summed E-state index contributed by atoms with van der Waals surface area (Å²) >= 11 is 2.25. The fraction of sp³-hybridized carbons (Fsp3) is 0.176. The highest BCUT2D eigenvalue weighted by molar-refractivity contribution is 7.99. The number of benzene rings is 4. The van der Waals surface area contributed by atoms with Crippen LogP contribution in [0, 0.1) is 10.8 Å². The van der Waals surface area contributed by atoms with Crippen molar-refractivity contribution in [1.82, 2.24) is 0 Å². The highest BCUT2D eigenvalue weighted by Gasteiger charge is 2.61. The van der Waals surface area contributed by atoms with Gasteiger partial charge in [0.1, 0.15) is 23.6 Å². The van der Waals surface area contributed by atoms with Crippen LogP contribution < -0.4 is 11.7 Å². The molecular formula is C34H32N6O8S4. The summed E-state index contributed by atoms with van der Waals surface area (Å²) in [5, 5.41) is 47.5. The van der Waals surface area contributed by atoms with E-state index in [9.17, 15) is 36.2 Å². The first-order chi connectivity index (χ1) is 24.6. The van der Waals surface area contributed by atoms with Crippen LogP contribution in [-0.2, 0) is 29.7 Å². The summed E-state index contributed by atoms with van der Waals surface area (Å²) in [6, 6.07) is 21.2. The smallest absolute Gasteiger partial charge is 0.282 e. The summed E-state index contributed by atoms with van der Waals surface area (Å²) in [6.07, 6.45) is -0.800. The Balaban J connectivity index is 1.59. The lowest BCUT2D eigenvalue weighted by Gasteiger charge is -2.42. The number of fused-ring (bicyclic) bond motifs is 2. The molecule has 0 fully saturated rings. The molecule has 4 aromatic rings. The van der Waals surface area contributed by atoms with Crippen LogP contribution in [0.5, 0.6) is 0 Å². The lowest BCUT2D eigenvalue weighted by molar-refractivity contribution is 0.194. The minimum Gasteiger partial charge on any atom is -0.384 e. The standard InChI is InChI=1S/C34H32N6O8S4/c1-49-25-15-17(11-13-23(25)33(51(43,44)45)21-9-5-3-7-19(21)27(35)29(39-37)31(33)41)18-12-14-24(26(16-18)50-2)34(52(46,47)48)22-10-6-4-8-20(22)28(36)30(40-38)32(34)42/h3-16,31-32,35-36,41-42H,37-38H2,1-2H3,(H,43,44,45)(H,46,47,48). The first-order valence-corrected chi connectivity index (χ1v) is 20.5. The quantitative estimate of drug-likeness (QED) is 0.0582. The van der Waals surface area contributed by atoms with Crippen LogP contribution in [0.25, 0.3) is 11.1 Å². The van der Waals surface area contributed by atoms with Gasteiger partial charge in [-0.15, -0.1) is 23.5 Å². The molecule has 4 unspecified atom stereocenters. The summed E-state index contributed by atoms with van der Waals surface area (Å²) < 4.78 is 71.0. The number of aliphatic hydroxyl groups excluding tert-OH is 2. The van der Waals surface area contributed by atoms with Crippen molar-refractivity contribution >= 4 is 66.6 Å². The van der Waals surface area contributed by atoms with E-state index in [0.717, 1.165) is 23.5 Å². The monoisotopic (exact) mass is 780 g/mol. The molecule has 2 aliphatic carbocycles. The summed E-state index contributed by atoms with van der Waals surface area (Å²) in [7, 11) is -10.4. The van der Waals surface area contributed by atoms with Crippen molar-refractivity contribution in [2.45, 2.75) is 31.5 Å². The van der Waals surface area contributed by atoms with Crippen LogP contribution in [-0.4, -0.2) is 83.7 Å². The molecule has 52 heavy (non-hydrogen) atoms. The van der Waals surface area contributed by atoms with Gasteiger partial charge in [0.05, 0.1) is 11.4 Å². The van der Waals surface area contributed by atoms with Crippen LogP contribution in [0.2, 0.25) is 0 Å². The maximum Gasteiger partial charge on any atom is 0.282 e. The number of rotatable bonds is 7. The minimum atomic E-state index is -5.21. The average molecular weight is 781 g/mol. The van der Waals surface area contributed by atoms with Gasteiger partial charge in [-0.3, -0.25) is 19.9 Å². The number of hydrogen-bond donors (Lipinski definition) is 8. The molecule has 270 valence electrons. The van der Waals surface area contributed by atoms with E-state index in [-0.39, 0.29) is 44.8 Å². The zero-order chi connectivity index (χ0) is 38.0. The average Bonchev–Trinajstić information content (AvgIpc) is 3.11. The summed E-state index contributed by atoms with van der Waals surface area (Å²) in [5.41, 5.74) is -0.369. The molecule has 0 bridgehead atoms. The highest BCUT2D eigenvalue weighted by Crippen LogP contribution is 2.51. The molecule has 6 rings (SSSR count). The van der Waals surface area contributed by atoms with Crippen molar-refractivity contribution in [3.05, 3.63) is 118 Å². The number of hydrazone groups is 2. The van der Waals surface area contributed by atoms with Gasteiger partial charge < -0.3 is 21.9 Å². The molecule has 0 radical (unpaired) electrons. The number of nitrogens with two attached hydrogens (primary N) is 2. The van der Waals surface area contributed by atoms with Crippen LogP contribution in [0.1, 0.15) is 33.4 Å². The fourth-order valence-corrected chi connectivity index (χ4v) is 11.5. The first kappa shape index (κ1) is 37.4. The van der Waals surface area contributed by atoms with Gasteiger partial charge in [-0.25, -0.2) is 0 Å². The predicted molar refractivity (Wildman–Crippen MR) is 202 cm³/mol. The molecule has 0 aromatic heterocycles. The van der Waals surface area contributed by atoms with E-state index in [1.54, 1.807) is 48.9 Å². The Morgan fingerprint density at radius 1 is 0.615 bits per heavy atom. The highest BCUT2D eigenvalue weighted by atomic mass is 32.2. The lowest BCUT2D eigenvalue weighted by atomic mass is 9.73. The number of nitrogens with zero attached hydrogens (tertiary/aromatic N) is 2. The van der Waals surface area contributed by atoms with E-state index in [2.05, 4.69) is 10.2 Å². The van der Waals surface area contributed by atoms with E-state index in [1.165, 1.54) is 48.5 Å². The van der Waals surface area contributed by atoms with E-state index in [4.69, 9.17) is 22.5 Å². The van der Waals surface area contributed by atoms with Gasteiger partial charge >= 0.3 is 0 Å². The van der Waals surface area contributed by atoms with Gasteiger partial charge in [-0.2, -0.15) is 27.0 Å². The molecule has 0 spiro atoms. The third kappa shape index (κ3) is 5.08. The Bertz CT molecular complexity index is 2300. The van der Waals surface area contributed by atoms with Crippen molar-refractivity contribution in [2.24, 2.45) is 21.9 Å². The van der Waals surface area contributed by atoms with E-state index in [1.807, 2.05) is 0 Å². The Kier molecular flexibility index (Phi) is 9.50. The molecule has 2 aliphatic rings. The third-order valence-electron chi connectivity index (χ3n) is 9.62. The molecule has 0 saturated carbocycles. The molecule has 0 aliphatic heterocycles. The Morgan fingerprint density at radius 3 is 1.27 bits per heavy atom. The van der Waals surface area contributed by atoms with Crippen LogP contribution >= 0.6 is 23.5 Å². The first-order valence-electron chi connectivity index (χ1n) is 15.2. The molecule has 0 heterocycles. The normalized spacial score (nSPS) is 24.9. The van der Waals surface area contributed by atoms with Gasteiger partial charge in [0.25, 0.3) is 20.2 Å². The van der Waals surface area contributed by atoms with Crippen molar-refractivity contribution in [1.29, 1.82) is 10.8 Å². The molecule has 4 aromatic carbocycles. The van der Waals surface area contributed by atoms with Gasteiger partial charge in [0, 0.05) is 20.9 Å². The number of thioether (sulfide) groups is 2. The molecule has 18 heteroatoms. The van der Waals surface area contributed by atoms with Crippen LogP contribution in [0.15, 0.2) is 105 Å². The number of aliphatic hydroxyl groups is 2. The molecule has 0 saturated heterocycles. The number of nitrogens with one attached hydrogen (secondary N) is 2. The third-order valence-corrected chi connectivity index (χ3v) is 14.1. The van der Waals surface area contributed by atoms with E-state index in [0.29, 0.717) is 20.9 Å². The summed E-state index contributed by atoms with van der Waals surface area (Å²) in [5.74, 6) is 11.1. The molecule has 10 N–H and O–H groups in total. The minimum absolute atomic E-state index is 0.00938. The van der Waals surface area contributed by atoms with E-state index < -0.39 is 53.4 Å². The van der Waals surface area contributed by atoms with Crippen molar-refractivity contribution in [3.63, 3.8) is 0 Å². The molecule has 14 nitrogen and oxygen atoms in total. The fourth-order valence-electron chi connectivity index (χ4n) is 7.33. The maximum absolute atomic E-state index is 13.5. The second kappa shape index (κ2) is 13.2. The maximum atomic E-state index is 13.5. The van der Waals surface area contributed by atoms with E-state index >= 15 is 0 Å². The van der Waals surface area contributed by atoms with Crippen molar-refractivity contribution < 1.29 is 36.2 Å². The second-order valence-corrected chi connectivity index (χ2v) is 16.8. The molecule has 0 amide bonds. The van der Waals surface area contributed by atoms with Crippen LogP contribution in [0.4, 0.5) is 0 Å². The topological polar surface area (TPSA) is 274 Å². The van der Waals surface area contributed by atoms with Gasteiger partial charge in [-0.1, -0.05) is 72.8 Å². The molecular weight excluding hydrogens is 749 g/mol. The SMILES string of the molecule is CSc1cc(-c2ccc(C3(S(=O)(=O)O)c4ccccc4C(=N)C(=NN)C3O)c(SC)c2)ccc1C1(S(=O)(=O)O)c2ccccc2C(=N)C(=NN)C1O. The van der Waals surface area contributed by atoms with Crippen molar-refractivity contribution in [3.8, 4) is 11.1 Å². The van der Waals surface area contributed by atoms with Gasteiger partial charge in [0.2, 0.25) is 0 Å². The van der Waals surface area contributed by atoms with Gasteiger partial charge in [-0.05, 0) is 58.0 Å². The molecule has 4 atom stereocenters. The number of hydrogen-bond acceptors (Lipinski definition) is 14. The summed E-state index contributed by atoms with van der Waals surface area (Å²) in [6.45, 7) is 0. The Hall–Kier alpha value is -4.40. The van der Waals surface area contributed by atoms with Crippen molar-refractivity contribution in [2.75, 3.05) is 12.5 Å². The summed E-state index contributed by atoms with van der Waals surface area (Å²) in [4.78, 5) is 0.633. The second-order valence-electron chi connectivity index (χ2n) is 11.9. The largest absolute Gasteiger partial charge is 0.384 e. The zero-order valence-corrected chi connectivity index (χ0v) is 30.6. The lowest BCUT2D eigenvalue weighted by Crippen LogP contribution is -2.57. The van der Waals surface area contributed by atoms with Crippen LogP contribution in [0.3, 0.4) is 0 Å². The Labute approximate surface area is 307 Å². The zero-order valence-electron chi connectivity index (χ0n) is 27.3.